The number of carbonyl (C=O) groups is 4. The van der Waals surface area contributed by atoms with Gasteiger partial charge in [0.05, 0.1) is 14.2 Å². The second-order valence-electron chi connectivity index (χ2n) is 7.63. The van der Waals surface area contributed by atoms with E-state index in [1.54, 1.807) is 18.2 Å². The molecule has 2 aromatic rings. The highest BCUT2D eigenvalue weighted by Crippen LogP contribution is 2.50. The second-order valence-corrected chi connectivity index (χ2v) is 7.63. The van der Waals surface area contributed by atoms with Gasteiger partial charge in [-0.3, -0.25) is 19.2 Å². The molecule has 2 aliphatic rings. The Hall–Kier alpha value is -3.54. The monoisotopic (exact) mass is 404 g/mol. The minimum absolute atomic E-state index is 0.0718. The van der Waals surface area contributed by atoms with E-state index in [1.165, 1.54) is 6.07 Å². The summed E-state index contributed by atoms with van der Waals surface area (Å²) in [5.41, 5.74) is 1.20. The Bertz CT molecular complexity index is 1170. The van der Waals surface area contributed by atoms with Gasteiger partial charge in [0, 0.05) is 28.7 Å². The molecule has 4 rings (SSSR count). The summed E-state index contributed by atoms with van der Waals surface area (Å²) in [5.74, 6) is -2.79. The van der Waals surface area contributed by atoms with Gasteiger partial charge in [-0.15, -0.1) is 0 Å². The van der Waals surface area contributed by atoms with Crippen LogP contribution < -0.4 is 0 Å². The molecule has 30 heavy (non-hydrogen) atoms. The van der Waals surface area contributed by atoms with Gasteiger partial charge in [-0.25, -0.2) is 0 Å². The third kappa shape index (κ3) is 2.43. The lowest BCUT2D eigenvalue weighted by Gasteiger charge is -2.38. The quantitative estimate of drug-likeness (QED) is 0.565. The van der Waals surface area contributed by atoms with Crippen molar-refractivity contribution in [3.63, 3.8) is 0 Å². The van der Waals surface area contributed by atoms with Crippen LogP contribution in [0.5, 0.6) is 0 Å². The standard InChI is InChI=1S/C24H20O6/c1-12-9-13(2)17-11-24(22(27)29-3,23(28)30-4)19-18(16(17)10-12)20(25)14-7-5-6-8-15(14)21(19)26/h5-10H,11H2,1-4H3. The maximum absolute atomic E-state index is 13.6. The maximum Gasteiger partial charge on any atom is 0.328 e. The number of Topliss-reactive ketones (excluding diaryl/α,β-unsaturated/α-hetero) is 2. The van der Waals surface area contributed by atoms with Crippen molar-refractivity contribution in [1.82, 2.24) is 0 Å². The zero-order valence-electron chi connectivity index (χ0n) is 17.1. The van der Waals surface area contributed by atoms with Gasteiger partial charge in [0.15, 0.2) is 17.0 Å². The van der Waals surface area contributed by atoms with Gasteiger partial charge in [-0.2, -0.15) is 0 Å². The van der Waals surface area contributed by atoms with Crippen LogP contribution in [0.3, 0.4) is 0 Å². The molecule has 0 spiro atoms. The van der Waals surface area contributed by atoms with Gasteiger partial charge in [-0.1, -0.05) is 42.0 Å². The van der Waals surface area contributed by atoms with Crippen molar-refractivity contribution in [1.29, 1.82) is 0 Å². The lowest BCUT2D eigenvalue weighted by atomic mass is 9.61. The van der Waals surface area contributed by atoms with Crippen molar-refractivity contribution >= 4 is 29.1 Å². The number of carbonyl (C=O) groups excluding carboxylic acids is 4. The Kier molecular flexibility index (Phi) is 4.45. The molecule has 0 aliphatic heterocycles. The molecule has 2 aromatic carbocycles. The molecule has 0 N–H and O–H groups in total. The van der Waals surface area contributed by atoms with E-state index in [2.05, 4.69) is 0 Å². The third-order valence-corrected chi connectivity index (χ3v) is 5.94. The lowest BCUT2D eigenvalue weighted by Crippen LogP contribution is -2.50. The number of hydrogen-bond acceptors (Lipinski definition) is 6. The summed E-state index contributed by atoms with van der Waals surface area (Å²) in [6, 6.07) is 10.1. The van der Waals surface area contributed by atoms with Crippen LogP contribution in [-0.2, 0) is 25.5 Å². The molecule has 2 aliphatic carbocycles. The van der Waals surface area contributed by atoms with E-state index in [0.717, 1.165) is 25.3 Å². The zero-order valence-corrected chi connectivity index (χ0v) is 17.1. The molecule has 152 valence electrons. The molecule has 0 unspecified atom stereocenters. The number of methoxy groups -OCH3 is 2. The Morgan fingerprint density at radius 3 is 2.00 bits per heavy atom. The molecule has 0 saturated carbocycles. The molecule has 0 radical (unpaired) electrons. The summed E-state index contributed by atoms with van der Waals surface area (Å²) in [5, 5.41) is 0. The number of ketones is 2. The van der Waals surface area contributed by atoms with Crippen LogP contribution in [0, 0.1) is 19.3 Å². The normalized spacial score (nSPS) is 16.4. The first-order chi connectivity index (χ1) is 14.3. The number of rotatable bonds is 2. The average Bonchev–Trinajstić information content (AvgIpc) is 2.75. The van der Waals surface area contributed by atoms with Gasteiger partial charge in [-0.05, 0) is 30.5 Å². The Morgan fingerprint density at radius 2 is 1.43 bits per heavy atom. The summed E-state index contributed by atoms with van der Waals surface area (Å²) in [7, 11) is 2.29. The summed E-state index contributed by atoms with van der Waals surface area (Å²) in [6.07, 6.45) is -0.117. The molecule has 0 amide bonds. The summed E-state index contributed by atoms with van der Waals surface area (Å²) in [6.45, 7) is 3.73. The van der Waals surface area contributed by atoms with Crippen molar-refractivity contribution in [2.75, 3.05) is 14.2 Å². The Balaban J connectivity index is 2.19. The van der Waals surface area contributed by atoms with Crippen LogP contribution >= 0.6 is 0 Å². The molecule has 0 fully saturated rings. The van der Waals surface area contributed by atoms with Crippen LogP contribution in [0.15, 0.2) is 42.0 Å². The van der Waals surface area contributed by atoms with Crippen molar-refractivity contribution in [3.8, 4) is 0 Å². The molecule has 0 saturated heterocycles. The molecular formula is C24H20O6. The molecule has 6 nitrogen and oxygen atoms in total. The Morgan fingerprint density at radius 1 is 0.867 bits per heavy atom. The molecule has 0 heterocycles. The van der Waals surface area contributed by atoms with E-state index in [4.69, 9.17) is 9.47 Å². The topological polar surface area (TPSA) is 86.7 Å². The first-order valence-electron chi connectivity index (χ1n) is 9.48. The van der Waals surface area contributed by atoms with Gasteiger partial charge in [0.1, 0.15) is 0 Å². The molecule has 0 atom stereocenters. The van der Waals surface area contributed by atoms with Crippen molar-refractivity contribution in [2.45, 2.75) is 20.3 Å². The fourth-order valence-corrected chi connectivity index (χ4v) is 4.63. The maximum atomic E-state index is 13.6. The van der Waals surface area contributed by atoms with Crippen LogP contribution in [0.2, 0.25) is 0 Å². The highest BCUT2D eigenvalue weighted by atomic mass is 16.5. The Labute approximate surface area is 173 Å². The van der Waals surface area contributed by atoms with Gasteiger partial charge >= 0.3 is 11.9 Å². The van der Waals surface area contributed by atoms with E-state index in [1.807, 2.05) is 26.0 Å². The fourth-order valence-electron chi connectivity index (χ4n) is 4.63. The molecule has 0 aromatic heterocycles. The van der Waals surface area contributed by atoms with E-state index >= 15 is 0 Å². The number of esters is 2. The largest absolute Gasteiger partial charge is 0.468 e. The van der Waals surface area contributed by atoms with Crippen molar-refractivity contribution < 1.29 is 28.7 Å². The number of benzene rings is 2. The number of ether oxygens (including phenoxy) is 2. The smallest absolute Gasteiger partial charge is 0.328 e. The fraction of sp³-hybridized carbons (Fsp3) is 0.250. The van der Waals surface area contributed by atoms with Gasteiger partial charge < -0.3 is 9.47 Å². The summed E-state index contributed by atoms with van der Waals surface area (Å²) in [4.78, 5) is 53.3. The first kappa shape index (κ1) is 19.8. The van der Waals surface area contributed by atoms with Crippen molar-refractivity contribution in [3.05, 3.63) is 75.4 Å². The third-order valence-electron chi connectivity index (χ3n) is 5.94. The van der Waals surface area contributed by atoms with E-state index in [0.29, 0.717) is 11.1 Å². The molecule has 6 heteroatoms. The van der Waals surface area contributed by atoms with E-state index < -0.39 is 28.9 Å². The summed E-state index contributed by atoms with van der Waals surface area (Å²) < 4.78 is 9.96. The van der Waals surface area contributed by atoms with Crippen molar-refractivity contribution in [2.24, 2.45) is 5.41 Å². The molecular weight excluding hydrogens is 384 g/mol. The zero-order chi connectivity index (χ0) is 21.8. The van der Waals surface area contributed by atoms with E-state index in [9.17, 15) is 19.2 Å². The highest BCUT2D eigenvalue weighted by molar-refractivity contribution is 6.43. The second kappa shape index (κ2) is 6.76. The van der Waals surface area contributed by atoms with Crippen LogP contribution in [0.4, 0.5) is 0 Å². The summed E-state index contributed by atoms with van der Waals surface area (Å²) >= 11 is 0. The van der Waals surface area contributed by atoms with Crippen LogP contribution in [-0.4, -0.2) is 37.7 Å². The number of hydrogen-bond donors (Lipinski definition) is 0. The first-order valence-corrected chi connectivity index (χ1v) is 9.48. The van der Waals surface area contributed by atoms with Gasteiger partial charge in [0.2, 0.25) is 0 Å². The SMILES string of the molecule is COC(=O)C1(C(=O)OC)Cc2c(C)cc(C)cc2C2=C1C(=O)c1ccccc1C2=O. The number of aryl methyl sites for hydroxylation is 2. The number of fused-ring (bicyclic) bond motifs is 3. The van der Waals surface area contributed by atoms with Crippen LogP contribution in [0.25, 0.3) is 5.57 Å². The predicted octanol–water partition coefficient (Wildman–Crippen LogP) is 3.02. The minimum Gasteiger partial charge on any atom is -0.468 e. The highest BCUT2D eigenvalue weighted by Gasteiger charge is 2.59. The van der Waals surface area contributed by atoms with Crippen LogP contribution in [0.1, 0.15) is 43.0 Å². The van der Waals surface area contributed by atoms with E-state index in [-0.39, 0.29) is 28.7 Å². The number of allylic oxidation sites excluding steroid dienone is 1. The predicted molar refractivity (Wildman–Crippen MR) is 108 cm³/mol. The van der Waals surface area contributed by atoms with Gasteiger partial charge in [0.25, 0.3) is 0 Å². The minimum atomic E-state index is -2.05. The lowest BCUT2D eigenvalue weighted by molar-refractivity contribution is -0.165. The average molecular weight is 404 g/mol. The molecule has 0 bridgehead atoms.